The number of aromatic nitrogens is 1. The molecule has 2 aromatic rings. The van der Waals surface area contributed by atoms with E-state index in [0.717, 1.165) is 56.5 Å². The second-order valence-corrected chi connectivity index (χ2v) is 7.00. The fraction of sp³-hybridized carbons (Fsp3) is 0.476. The molecule has 0 atom stereocenters. The number of carbonyl (C=O) groups is 1. The van der Waals surface area contributed by atoms with Crippen LogP contribution in [0.5, 0.6) is 0 Å². The Morgan fingerprint density at radius 1 is 1.13 bits per heavy atom. The van der Waals surface area contributed by atoms with Gasteiger partial charge >= 0.3 is 0 Å². The smallest absolute Gasteiger partial charge is 0.222 e. The number of hydrogen-bond donors (Lipinski definition) is 2. The van der Waals surface area contributed by atoms with Gasteiger partial charge in [-0.1, -0.05) is 35.5 Å². The molecule has 1 aromatic carbocycles. The van der Waals surface area contributed by atoms with Gasteiger partial charge in [0, 0.05) is 58.3 Å². The van der Waals surface area contributed by atoms with Crippen molar-refractivity contribution in [1.82, 2.24) is 25.6 Å². The second kappa shape index (κ2) is 13.2. The lowest BCUT2D eigenvalue weighted by Crippen LogP contribution is -2.52. The maximum absolute atomic E-state index is 12.1. The van der Waals surface area contributed by atoms with Crippen LogP contribution in [-0.2, 0) is 17.9 Å². The first-order chi connectivity index (χ1) is 14.2. The maximum Gasteiger partial charge on any atom is 0.222 e. The molecule has 0 saturated carbocycles. The standard InChI is InChI=1S/C21H30N6O2.HI/c1-2-22-21(23-10-8-20(28)24-16-18-6-4-3-5-7-18)27-13-11-26(12-14-27)17-19-9-15-29-25-19;/h3-7,9,15H,2,8,10-14,16-17H2,1H3,(H,22,23)(H,24,28);1H. The van der Waals surface area contributed by atoms with Crippen LogP contribution in [0, 0.1) is 0 Å². The predicted molar refractivity (Wildman–Crippen MR) is 128 cm³/mol. The fourth-order valence-corrected chi connectivity index (χ4v) is 3.24. The molecule has 1 aliphatic heterocycles. The van der Waals surface area contributed by atoms with Crippen LogP contribution in [0.1, 0.15) is 24.6 Å². The number of carbonyl (C=O) groups excluding carboxylic acids is 1. The van der Waals surface area contributed by atoms with Crippen LogP contribution in [0.15, 0.2) is 52.2 Å². The number of piperazine rings is 1. The third-order valence-corrected chi connectivity index (χ3v) is 4.82. The van der Waals surface area contributed by atoms with E-state index in [0.29, 0.717) is 19.5 Å². The minimum Gasteiger partial charge on any atom is -0.364 e. The van der Waals surface area contributed by atoms with Crippen LogP contribution in [0.2, 0.25) is 0 Å². The minimum atomic E-state index is 0. The van der Waals surface area contributed by atoms with E-state index in [2.05, 4.69) is 37.5 Å². The van der Waals surface area contributed by atoms with Crippen LogP contribution < -0.4 is 10.6 Å². The van der Waals surface area contributed by atoms with Crippen molar-refractivity contribution in [2.45, 2.75) is 26.4 Å². The van der Waals surface area contributed by atoms with E-state index < -0.39 is 0 Å². The predicted octanol–water partition coefficient (Wildman–Crippen LogP) is 2.08. The molecule has 164 valence electrons. The molecule has 2 heterocycles. The highest BCUT2D eigenvalue weighted by Crippen LogP contribution is 2.07. The number of halogens is 1. The van der Waals surface area contributed by atoms with Crippen LogP contribution in [0.4, 0.5) is 0 Å². The highest BCUT2D eigenvalue weighted by Gasteiger charge is 2.20. The number of guanidine groups is 1. The SMILES string of the molecule is CCNC(=NCCC(=O)NCc1ccccc1)N1CCN(Cc2ccon2)CC1.I. The maximum atomic E-state index is 12.1. The van der Waals surface area contributed by atoms with Gasteiger partial charge in [-0.15, -0.1) is 24.0 Å². The largest absolute Gasteiger partial charge is 0.364 e. The lowest BCUT2D eigenvalue weighted by molar-refractivity contribution is -0.121. The first kappa shape index (κ1) is 24.1. The lowest BCUT2D eigenvalue weighted by atomic mass is 10.2. The second-order valence-electron chi connectivity index (χ2n) is 7.00. The Kier molecular flexibility index (Phi) is 10.6. The van der Waals surface area contributed by atoms with E-state index >= 15 is 0 Å². The first-order valence-electron chi connectivity index (χ1n) is 10.2. The van der Waals surface area contributed by atoms with Gasteiger partial charge in [-0.2, -0.15) is 0 Å². The third-order valence-electron chi connectivity index (χ3n) is 4.82. The van der Waals surface area contributed by atoms with E-state index in [1.165, 1.54) is 0 Å². The molecule has 0 aliphatic carbocycles. The number of benzene rings is 1. The van der Waals surface area contributed by atoms with Crippen LogP contribution >= 0.6 is 24.0 Å². The van der Waals surface area contributed by atoms with Crippen molar-refractivity contribution in [3.8, 4) is 0 Å². The van der Waals surface area contributed by atoms with E-state index in [9.17, 15) is 4.79 Å². The Morgan fingerprint density at radius 3 is 2.57 bits per heavy atom. The summed E-state index contributed by atoms with van der Waals surface area (Å²) in [6.07, 6.45) is 1.99. The van der Waals surface area contributed by atoms with Crippen molar-refractivity contribution in [2.75, 3.05) is 39.3 Å². The summed E-state index contributed by atoms with van der Waals surface area (Å²) in [5, 5.41) is 10.3. The Bertz CT molecular complexity index is 761. The van der Waals surface area contributed by atoms with E-state index in [4.69, 9.17) is 4.52 Å². The molecule has 1 saturated heterocycles. The molecule has 0 radical (unpaired) electrons. The molecule has 0 bridgehead atoms. The monoisotopic (exact) mass is 526 g/mol. The van der Waals surface area contributed by atoms with Gasteiger partial charge in [-0.05, 0) is 12.5 Å². The summed E-state index contributed by atoms with van der Waals surface area (Å²) in [6, 6.07) is 11.8. The number of amides is 1. The number of nitrogens with zero attached hydrogens (tertiary/aromatic N) is 4. The molecule has 3 rings (SSSR count). The summed E-state index contributed by atoms with van der Waals surface area (Å²) in [7, 11) is 0. The molecular weight excluding hydrogens is 495 g/mol. The summed E-state index contributed by atoms with van der Waals surface area (Å²) < 4.78 is 4.90. The average Bonchev–Trinajstić information content (AvgIpc) is 3.26. The molecule has 1 amide bonds. The van der Waals surface area contributed by atoms with Gasteiger partial charge in [0.25, 0.3) is 0 Å². The highest BCUT2D eigenvalue weighted by molar-refractivity contribution is 14.0. The Hall–Kier alpha value is -2.14. The molecule has 0 unspecified atom stereocenters. The topological polar surface area (TPSA) is 86.0 Å². The number of nitrogens with one attached hydrogen (secondary N) is 2. The van der Waals surface area contributed by atoms with E-state index in [-0.39, 0.29) is 29.9 Å². The molecular formula is C21H31IN6O2. The molecule has 1 fully saturated rings. The van der Waals surface area contributed by atoms with Gasteiger partial charge in [-0.3, -0.25) is 14.7 Å². The zero-order chi connectivity index (χ0) is 20.3. The van der Waals surface area contributed by atoms with Gasteiger partial charge in [0.1, 0.15) is 6.26 Å². The molecule has 30 heavy (non-hydrogen) atoms. The number of rotatable bonds is 8. The van der Waals surface area contributed by atoms with Crippen molar-refractivity contribution < 1.29 is 9.32 Å². The van der Waals surface area contributed by atoms with Crippen molar-refractivity contribution in [3.63, 3.8) is 0 Å². The van der Waals surface area contributed by atoms with Crippen molar-refractivity contribution in [2.24, 2.45) is 4.99 Å². The zero-order valence-corrected chi connectivity index (χ0v) is 19.7. The number of hydrogen-bond acceptors (Lipinski definition) is 5. The van der Waals surface area contributed by atoms with Crippen LogP contribution in [0.3, 0.4) is 0 Å². The fourth-order valence-electron chi connectivity index (χ4n) is 3.24. The van der Waals surface area contributed by atoms with Crippen molar-refractivity contribution in [1.29, 1.82) is 0 Å². The molecule has 8 nitrogen and oxygen atoms in total. The highest BCUT2D eigenvalue weighted by atomic mass is 127. The summed E-state index contributed by atoms with van der Waals surface area (Å²) >= 11 is 0. The van der Waals surface area contributed by atoms with Crippen LogP contribution in [-0.4, -0.2) is 66.1 Å². The first-order valence-corrected chi connectivity index (χ1v) is 10.2. The van der Waals surface area contributed by atoms with Gasteiger partial charge in [0.2, 0.25) is 5.91 Å². The Labute approximate surface area is 195 Å². The van der Waals surface area contributed by atoms with Gasteiger partial charge in [-0.25, -0.2) is 0 Å². The summed E-state index contributed by atoms with van der Waals surface area (Å²) in [5.74, 6) is 0.898. The minimum absolute atomic E-state index is 0. The third kappa shape index (κ3) is 7.94. The van der Waals surface area contributed by atoms with E-state index in [1.807, 2.05) is 36.4 Å². The molecule has 2 N–H and O–H groups in total. The number of aliphatic imine (C=N–C) groups is 1. The summed E-state index contributed by atoms with van der Waals surface area (Å²) in [5.41, 5.74) is 2.06. The normalized spacial score (nSPS) is 14.8. The molecule has 9 heteroatoms. The Balaban J connectivity index is 0.00000320. The van der Waals surface area contributed by atoms with Crippen molar-refractivity contribution in [3.05, 3.63) is 53.9 Å². The lowest BCUT2D eigenvalue weighted by Gasteiger charge is -2.36. The van der Waals surface area contributed by atoms with Crippen molar-refractivity contribution >= 4 is 35.8 Å². The van der Waals surface area contributed by atoms with Gasteiger partial charge in [0.05, 0.1) is 12.2 Å². The molecule has 0 spiro atoms. The zero-order valence-electron chi connectivity index (χ0n) is 17.4. The summed E-state index contributed by atoms with van der Waals surface area (Å²) in [4.78, 5) is 21.4. The molecule has 1 aromatic heterocycles. The average molecular weight is 526 g/mol. The summed E-state index contributed by atoms with van der Waals surface area (Å²) in [6.45, 7) is 8.36. The quantitative estimate of drug-likeness (QED) is 0.312. The van der Waals surface area contributed by atoms with Gasteiger partial charge in [0.15, 0.2) is 5.96 Å². The van der Waals surface area contributed by atoms with Gasteiger partial charge < -0.3 is 20.1 Å². The van der Waals surface area contributed by atoms with Crippen LogP contribution in [0.25, 0.3) is 0 Å². The Morgan fingerprint density at radius 2 is 1.90 bits per heavy atom. The van der Waals surface area contributed by atoms with E-state index in [1.54, 1.807) is 6.26 Å². The molecule has 1 aliphatic rings.